The molecule has 1 radical (unpaired) electrons. The summed E-state index contributed by atoms with van der Waals surface area (Å²) in [5.41, 5.74) is 0. The van der Waals surface area contributed by atoms with Crippen LogP contribution in [0.2, 0.25) is 0 Å². The average Bonchev–Trinajstić information content (AvgIpc) is 2.22. The molecule has 0 amide bonds. The molecule has 2 rings (SSSR count). The molecule has 2 aliphatic rings. The number of hydrogen-bond acceptors (Lipinski definition) is 0. The van der Waals surface area contributed by atoms with Crippen molar-refractivity contribution in [2.45, 2.75) is 6.42 Å². The zero-order valence-corrected chi connectivity index (χ0v) is 4.09. The maximum absolute atomic E-state index is 2.26. The van der Waals surface area contributed by atoms with Crippen LogP contribution in [0.1, 0.15) is 6.42 Å². The van der Waals surface area contributed by atoms with Crippen molar-refractivity contribution >= 4 is 0 Å². The minimum atomic E-state index is 0.773. The summed E-state index contributed by atoms with van der Waals surface area (Å²) in [7, 11) is 0. The first-order chi connectivity index (χ1) is 3.45. The Bertz CT molecular complexity index is 103. The molecule has 2 aliphatic carbocycles. The van der Waals surface area contributed by atoms with E-state index in [-0.39, 0.29) is 0 Å². The van der Waals surface area contributed by atoms with E-state index < -0.39 is 0 Å². The van der Waals surface area contributed by atoms with Crippen molar-refractivity contribution in [1.82, 2.24) is 0 Å². The van der Waals surface area contributed by atoms with Crippen molar-refractivity contribution in [3.05, 3.63) is 30.2 Å². The van der Waals surface area contributed by atoms with Crippen LogP contribution >= 0.6 is 0 Å². The van der Waals surface area contributed by atoms with Gasteiger partial charge in [-0.3, -0.25) is 0 Å². The first-order valence-corrected chi connectivity index (χ1v) is 2.67. The summed E-state index contributed by atoms with van der Waals surface area (Å²) < 4.78 is 0. The maximum Gasteiger partial charge on any atom is 0.0196 e. The monoisotopic (exact) mass is 91.1 g/mol. The summed E-state index contributed by atoms with van der Waals surface area (Å²) in [4.78, 5) is 0. The molecule has 0 heteroatoms. The van der Waals surface area contributed by atoms with Crippen LogP contribution in [-0.2, 0) is 0 Å². The predicted octanol–water partition coefficient (Wildman–Crippen LogP) is 1.71. The van der Waals surface area contributed by atoms with Gasteiger partial charge in [0.1, 0.15) is 0 Å². The highest BCUT2D eigenvalue weighted by atomic mass is 14.2. The lowest BCUT2D eigenvalue weighted by Gasteiger charge is -1.88. The van der Waals surface area contributed by atoms with Gasteiger partial charge in [0.25, 0.3) is 0 Å². The molecule has 0 spiro atoms. The molecule has 0 aromatic carbocycles. The lowest BCUT2D eigenvalue weighted by atomic mass is 10.2. The molecule has 0 fully saturated rings. The van der Waals surface area contributed by atoms with Gasteiger partial charge in [-0.15, -0.1) is 0 Å². The fourth-order valence-electron chi connectivity index (χ4n) is 1.16. The van der Waals surface area contributed by atoms with Crippen molar-refractivity contribution in [3.63, 3.8) is 0 Å². The summed E-state index contributed by atoms with van der Waals surface area (Å²) in [6.07, 6.45) is 10.2. The van der Waals surface area contributed by atoms with E-state index in [2.05, 4.69) is 24.3 Å². The van der Waals surface area contributed by atoms with Gasteiger partial charge in [0, 0.05) is 5.92 Å². The van der Waals surface area contributed by atoms with E-state index in [1.54, 1.807) is 0 Å². The average molecular weight is 91.1 g/mol. The highest BCUT2D eigenvalue weighted by Crippen LogP contribution is 2.33. The van der Waals surface area contributed by atoms with Crippen LogP contribution in [0.15, 0.2) is 24.3 Å². The van der Waals surface area contributed by atoms with Gasteiger partial charge in [-0.2, -0.15) is 0 Å². The SMILES string of the molecule is C1=CC2C=C[C]1C2. The van der Waals surface area contributed by atoms with Crippen molar-refractivity contribution in [1.29, 1.82) is 0 Å². The zero-order valence-electron chi connectivity index (χ0n) is 4.09. The third-order valence-electron chi connectivity index (χ3n) is 1.59. The number of allylic oxidation sites excluding steroid dienone is 4. The molecule has 0 aromatic heterocycles. The van der Waals surface area contributed by atoms with Gasteiger partial charge in [-0.25, -0.2) is 0 Å². The third kappa shape index (κ3) is 0.365. The van der Waals surface area contributed by atoms with Crippen molar-refractivity contribution in [2.24, 2.45) is 5.92 Å². The van der Waals surface area contributed by atoms with Gasteiger partial charge in [-0.1, -0.05) is 24.3 Å². The number of hydrogen-bond donors (Lipinski definition) is 0. The Balaban J connectivity index is 2.38. The van der Waals surface area contributed by atoms with Crippen molar-refractivity contribution < 1.29 is 0 Å². The second-order valence-electron chi connectivity index (χ2n) is 2.16. The molecule has 35 valence electrons. The smallest absolute Gasteiger partial charge is 0.0196 e. The second kappa shape index (κ2) is 1.00. The van der Waals surface area contributed by atoms with Crippen LogP contribution in [0.5, 0.6) is 0 Å². The normalized spacial score (nSPS) is 28.0. The topological polar surface area (TPSA) is 0 Å². The fourth-order valence-corrected chi connectivity index (χ4v) is 1.16. The van der Waals surface area contributed by atoms with Gasteiger partial charge in [0.05, 0.1) is 0 Å². The van der Waals surface area contributed by atoms with E-state index in [9.17, 15) is 0 Å². The maximum atomic E-state index is 2.26. The second-order valence-corrected chi connectivity index (χ2v) is 2.16. The van der Waals surface area contributed by atoms with Gasteiger partial charge in [-0.05, 0) is 12.3 Å². The number of rotatable bonds is 0. The molecule has 0 aromatic rings. The summed E-state index contributed by atoms with van der Waals surface area (Å²) >= 11 is 0. The number of fused-ring (bicyclic) bond motifs is 2. The quantitative estimate of drug-likeness (QED) is 0.425. The molecule has 0 N–H and O–H groups in total. The van der Waals surface area contributed by atoms with Crippen LogP contribution in [0.3, 0.4) is 0 Å². The highest BCUT2D eigenvalue weighted by molar-refractivity contribution is 5.37. The highest BCUT2D eigenvalue weighted by Gasteiger charge is 2.19. The minimum Gasteiger partial charge on any atom is -0.0807 e. The van der Waals surface area contributed by atoms with Crippen molar-refractivity contribution in [2.75, 3.05) is 0 Å². The van der Waals surface area contributed by atoms with Crippen LogP contribution in [0, 0.1) is 11.8 Å². The van der Waals surface area contributed by atoms with Crippen molar-refractivity contribution in [3.8, 4) is 0 Å². The first-order valence-electron chi connectivity index (χ1n) is 2.67. The minimum absolute atomic E-state index is 0.773. The third-order valence-corrected chi connectivity index (χ3v) is 1.59. The van der Waals surface area contributed by atoms with Crippen LogP contribution < -0.4 is 0 Å². The van der Waals surface area contributed by atoms with Crippen LogP contribution in [0.4, 0.5) is 0 Å². The first kappa shape index (κ1) is 3.48. The molecular weight excluding hydrogens is 84.1 g/mol. The van der Waals surface area contributed by atoms with E-state index in [4.69, 9.17) is 0 Å². The van der Waals surface area contributed by atoms with Gasteiger partial charge >= 0.3 is 0 Å². The Morgan fingerprint density at radius 3 is 2.14 bits per heavy atom. The van der Waals surface area contributed by atoms with Gasteiger partial charge < -0.3 is 0 Å². The van der Waals surface area contributed by atoms with E-state index in [1.807, 2.05) is 0 Å². The lowest BCUT2D eigenvalue weighted by molar-refractivity contribution is 0.858. The van der Waals surface area contributed by atoms with E-state index in [1.165, 1.54) is 12.3 Å². The molecule has 0 saturated heterocycles. The Labute approximate surface area is 43.5 Å². The standard InChI is InChI=1S/C7H7/c1-2-7-4-3-6(1)5-7/h1-4,6H,5H2. The Kier molecular flexibility index (Phi) is 0.498. The van der Waals surface area contributed by atoms with E-state index in [0.717, 1.165) is 5.92 Å². The summed E-state index contributed by atoms with van der Waals surface area (Å²) in [6.45, 7) is 0. The van der Waals surface area contributed by atoms with Gasteiger partial charge in [0.2, 0.25) is 0 Å². The molecule has 2 bridgehead atoms. The van der Waals surface area contributed by atoms with E-state index in [0.29, 0.717) is 0 Å². The summed E-state index contributed by atoms with van der Waals surface area (Å²) in [5.74, 6) is 2.28. The molecule has 0 nitrogen and oxygen atoms in total. The molecule has 0 saturated carbocycles. The predicted molar refractivity (Wildman–Crippen MR) is 29.6 cm³/mol. The molecule has 7 heavy (non-hydrogen) atoms. The molecular formula is C7H7. The Morgan fingerprint density at radius 2 is 2.00 bits per heavy atom. The summed E-state index contributed by atoms with van der Waals surface area (Å²) in [6, 6.07) is 0. The molecule has 0 atom stereocenters. The molecule has 0 heterocycles. The Morgan fingerprint density at radius 1 is 1.29 bits per heavy atom. The largest absolute Gasteiger partial charge is 0.0807 e. The van der Waals surface area contributed by atoms with E-state index >= 15 is 0 Å². The lowest BCUT2D eigenvalue weighted by Crippen LogP contribution is -1.77. The fraction of sp³-hybridized carbons (Fsp3) is 0.286. The van der Waals surface area contributed by atoms with Crippen LogP contribution in [0.25, 0.3) is 0 Å². The zero-order chi connectivity index (χ0) is 4.69. The van der Waals surface area contributed by atoms with Gasteiger partial charge in [0.15, 0.2) is 0 Å². The summed E-state index contributed by atoms with van der Waals surface area (Å²) in [5, 5.41) is 0. The Hall–Kier alpha value is -0.520. The van der Waals surface area contributed by atoms with Crippen LogP contribution in [-0.4, -0.2) is 0 Å². The molecule has 0 unspecified atom stereocenters. The molecule has 0 aliphatic heterocycles.